The van der Waals surface area contributed by atoms with Crippen LogP contribution in [0.15, 0.2) is 6.07 Å². The lowest BCUT2D eigenvalue weighted by Crippen LogP contribution is -1.96. The lowest BCUT2D eigenvalue weighted by atomic mass is 10.3. The molecular formula is C7H4Cl3F2N. The Labute approximate surface area is 88.6 Å². The Kier molecular flexibility index (Phi) is 3.71. The van der Waals surface area contributed by atoms with Gasteiger partial charge >= 0.3 is 0 Å². The number of nitrogens with zero attached hydrogens (tertiary/aromatic N) is 1. The van der Waals surface area contributed by atoms with Crippen molar-refractivity contribution in [2.75, 3.05) is 0 Å². The van der Waals surface area contributed by atoms with E-state index in [2.05, 4.69) is 4.98 Å². The zero-order chi connectivity index (χ0) is 10.0. The Morgan fingerprint density at radius 1 is 1.31 bits per heavy atom. The van der Waals surface area contributed by atoms with E-state index in [1.54, 1.807) is 0 Å². The van der Waals surface area contributed by atoms with E-state index in [-0.39, 0.29) is 21.6 Å². The molecule has 0 aliphatic heterocycles. The van der Waals surface area contributed by atoms with E-state index in [1.807, 2.05) is 0 Å². The molecular weight excluding hydrogens is 242 g/mol. The van der Waals surface area contributed by atoms with E-state index >= 15 is 0 Å². The molecule has 0 saturated carbocycles. The zero-order valence-electron chi connectivity index (χ0n) is 6.20. The maximum absolute atomic E-state index is 12.2. The second-order valence-electron chi connectivity index (χ2n) is 2.22. The molecule has 0 saturated heterocycles. The number of aromatic nitrogens is 1. The van der Waals surface area contributed by atoms with Crippen LogP contribution in [0.4, 0.5) is 8.78 Å². The van der Waals surface area contributed by atoms with Gasteiger partial charge in [-0.3, -0.25) is 0 Å². The molecule has 6 heteroatoms. The third kappa shape index (κ3) is 2.42. The van der Waals surface area contributed by atoms with Gasteiger partial charge in [-0.2, -0.15) is 0 Å². The minimum absolute atomic E-state index is 0.0181. The Morgan fingerprint density at radius 3 is 2.38 bits per heavy atom. The van der Waals surface area contributed by atoms with Crippen LogP contribution in [0.3, 0.4) is 0 Å². The van der Waals surface area contributed by atoms with Gasteiger partial charge in [-0.25, -0.2) is 13.8 Å². The van der Waals surface area contributed by atoms with Gasteiger partial charge in [0.1, 0.15) is 5.69 Å². The minimum Gasteiger partial charge on any atom is -0.247 e. The molecule has 1 rings (SSSR count). The summed E-state index contributed by atoms with van der Waals surface area (Å²) in [7, 11) is 0. The maximum atomic E-state index is 12.2. The van der Waals surface area contributed by atoms with Crippen molar-refractivity contribution in [1.82, 2.24) is 4.98 Å². The van der Waals surface area contributed by atoms with E-state index in [4.69, 9.17) is 34.8 Å². The summed E-state index contributed by atoms with van der Waals surface area (Å²) in [6, 6.07) is 1.22. The van der Waals surface area contributed by atoms with Crippen LogP contribution in [0.2, 0.25) is 10.0 Å². The molecule has 0 N–H and O–H groups in total. The summed E-state index contributed by atoms with van der Waals surface area (Å²) < 4.78 is 24.5. The minimum atomic E-state index is -2.72. The van der Waals surface area contributed by atoms with Crippen LogP contribution in [0.5, 0.6) is 0 Å². The lowest BCUT2D eigenvalue weighted by Gasteiger charge is -2.05. The molecule has 0 bridgehead atoms. The van der Waals surface area contributed by atoms with Crippen LogP contribution in [0.1, 0.15) is 17.8 Å². The molecule has 0 aliphatic carbocycles. The first-order chi connectivity index (χ1) is 6.06. The summed E-state index contributed by atoms with van der Waals surface area (Å²) in [5.74, 6) is -0.0181. The molecule has 0 aliphatic rings. The summed E-state index contributed by atoms with van der Waals surface area (Å²) in [5, 5.41) is 0.0540. The summed E-state index contributed by atoms with van der Waals surface area (Å²) >= 11 is 16.5. The van der Waals surface area contributed by atoms with E-state index in [0.717, 1.165) is 0 Å². The normalized spacial score (nSPS) is 10.9. The second kappa shape index (κ2) is 4.40. The lowest BCUT2D eigenvalue weighted by molar-refractivity contribution is 0.146. The Morgan fingerprint density at radius 2 is 1.92 bits per heavy atom. The van der Waals surface area contributed by atoms with Crippen LogP contribution >= 0.6 is 34.8 Å². The SMILES string of the molecule is FC(F)c1nc(CCl)c(Cl)cc1Cl. The molecule has 1 nitrogen and oxygen atoms in total. The standard InChI is InChI=1S/C7H4Cl3F2N/c8-2-5-3(9)1-4(10)6(13-5)7(11)12/h1,7H,2H2. The van der Waals surface area contributed by atoms with Crippen molar-refractivity contribution in [2.45, 2.75) is 12.3 Å². The fourth-order valence-electron chi connectivity index (χ4n) is 0.767. The van der Waals surface area contributed by atoms with Crippen LogP contribution < -0.4 is 0 Å². The second-order valence-corrected chi connectivity index (χ2v) is 3.30. The number of hydrogen-bond donors (Lipinski definition) is 0. The molecule has 0 atom stereocenters. The first kappa shape index (κ1) is 11.0. The maximum Gasteiger partial charge on any atom is 0.281 e. The largest absolute Gasteiger partial charge is 0.281 e. The predicted molar refractivity (Wildman–Crippen MR) is 48.8 cm³/mol. The van der Waals surface area contributed by atoms with Crippen molar-refractivity contribution in [3.05, 3.63) is 27.5 Å². The van der Waals surface area contributed by atoms with Gasteiger partial charge in [-0.15, -0.1) is 11.6 Å². The van der Waals surface area contributed by atoms with Crippen LogP contribution in [0.25, 0.3) is 0 Å². The van der Waals surface area contributed by atoms with Gasteiger partial charge in [0.2, 0.25) is 0 Å². The molecule has 1 aromatic rings. The van der Waals surface area contributed by atoms with Crippen molar-refractivity contribution in [3.63, 3.8) is 0 Å². The molecule has 1 heterocycles. The highest BCUT2D eigenvalue weighted by Crippen LogP contribution is 2.29. The third-order valence-electron chi connectivity index (χ3n) is 1.36. The Balaban J connectivity index is 3.22. The molecule has 1 aromatic heterocycles. The van der Waals surface area contributed by atoms with Crippen LogP contribution in [-0.2, 0) is 5.88 Å². The highest BCUT2D eigenvalue weighted by molar-refractivity contribution is 6.35. The van der Waals surface area contributed by atoms with Crippen LogP contribution in [-0.4, -0.2) is 4.98 Å². The van der Waals surface area contributed by atoms with Crippen LogP contribution in [0, 0.1) is 0 Å². The summed E-state index contributed by atoms with van der Waals surface area (Å²) in [6.45, 7) is 0. The van der Waals surface area contributed by atoms with E-state index in [1.165, 1.54) is 6.07 Å². The van der Waals surface area contributed by atoms with Crippen molar-refractivity contribution < 1.29 is 8.78 Å². The van der Waals surface area contributed by atoms with Gasteiger partial charge in [0.15, 0.2) is 0 Å². The first-order valence-electron chi connectivity index (χ1n) is 3.25. The smallest absolute Gasteiger partial charge is 0.247 e. The Bertz CT molecular complexity index is 317. The molecule has 0 unspecified atom stereocenters. The molecule has 0 radical (unpaired) electrons. The van der Waals surface area contributed by atoms with Gasteiger partial charge in [0.05, 0.1) is 21.6 Å². The summed E-state index contributed by atoms with van der Waals surface area (Å²) in [4.78, 5) is 3.54. The number of hydrogen-bond acceptors (Lipinski definition) is 1. The molecule has 0 amide bonds. The van der Waals surface area contributed by atoms with Gasteiger partial charge in [-0.1, -0.05) is 23.2 Å². The summed E-state index contributed by atoms with van der Waals surface area (Å²) in [5.41, 5.74) is -0.273. The van der Waals surface area contributed by atoms with Gasteiger partial charge in [-0.05, 0) is 6.07 Å². The van der Waals surface area contributed by atoms with Crippen molar-refractivity contribution >= 4 is 34.8 Å². The number of rotatable bonds is 2. The highest BCUT2D eigenvalue weighted by atomic mass is 35.5. The van der Waals surface area contributed by atoms with Crippen molar-refractivity contribution in [3.8, 4) is 0 Å². The van der Waals surface area contributed by atoms with Gasteiger partial charge < -0.3 is 0 Å². The zero-order valence-corrected chi connectivity index (χ0v) is 8.47. The van der Waals surface area contributed by atoms with E-state index < -0.39 is 12.1 Å². The molecule has 0 aromatic carbocycles. The molecule has 72 valence electrons. The quantitative estimate of drug-likeness (QED) is 0.717. The van der Waals surface area contributed by atoms with Gasteiger partial charge in [0, 0.05) is 0 Å². The summed E-state index contributed by atoms with van der Waals surface area (Å²) in [6.07, 6.45) is -2.72. The topological polar surface area (TPSA) is 12.9 Å². The predicted octanol–water partition coefficient (Wildman–Crippen LogP) is 4.06. The third-order valence-corrected chi connectivity index (χ3v) is 2.25. The van der Waals surface area contributed by atoms with E-state index in [0.29, 0.717) is 0 Å². The van der Waals surface area contributed by atoms with Gasteiger partial charge in [0.25, 0.3) is 6.43 Å². The Hall–Kier alpha value is -0.120. The van der Waals surface area contributed by atoms with Crippen molar-refractivity contribution in [2.24, 2.45) is 0 Å². The fourth-order valence-corrected chi connectivity index (χ4v) is 1.55. The number of pyridine rings is 1. The van der Waals surface area contributed by atoms with E-state index in [9.17, 15) is 8.78 Å². The average Bonchev–Trinajstić information content (AvgIpc) is 2.03. The number of halogens is 5. The average molecular weight is 246 g/mol. The highest BCUT2D eigenvalue weighted by Gasteiger charge is 2.16. The monoisotopic (exact) mass is 245 g/mol. The first-order valence-corrected chi connectivity index (χ1v) is 4.54. The molecule has 13 heavy (non-hydrogen) atoms. The fraction of sp³-hybridized carbons (Fsp3) is 0.286. The number of alkyl halides is 3. The molecule has 0 spiro atoms. The molecule has 0 fully saturated rings. The van der Waals surface area contributed by atoms with Crippen molar-refractivity contribution in [1.29, 1.82) is 0 Å².